The Morgan fingerprint density at radius 2 is 1.35 bits per heavy atom. The highest BCUT2D eigenvalue weighted by atomic mass is 32.1. The predicted octanol–water partition coefficient (Wildman–Crippen LogP) is 4.61. The number of rotatable bonds is 2. The zero-order valence-electron chi connectivity index (χ0n) is 17.4. The van der Waals surface area contributed by atoms with Gasteiger partial charge in [-0.25, -0.2) is 0 Å². The molecular weight excluding hydrogens is 412 g/mol. The highest BCUT2D eigenvalue weighted by Gasteiger charge is 2.45. The summed E-state index contributed by atoms with van der Waals surface area (Å²) in [6.07, 6.45) is 8.93. The van der Waals surface area contributed by atoms with Crippen LogP contribution >= 0.6 is 11.3 Å². The molecule has 1 unspecified atom stereocenters. The average molecular weight is 439 g/mol. The van der Waals surface area contributed by atoms with Crippen molar-refractivity contribution in [1.29, 1.82) is 0 Å². The maximum Gasteiger partial charge on any atom is 0.271 e. The monoisotopic (exact) mass is 438 g/mol. The van der Waals surface area contributed by atoms with Crippen LogP contribution in [0.4, 0.5) is 0 Å². The number of hydrogen-bond acceptors (Lipinski definition) is 5. The Morgan fingerprint density at radius 1 is 0.742 bits per heavy atom. The van der Waals surface area contributed by atoms with E-state index in [0.29, 0.717) is 31.7 Å². The highest BCUT2D eigenvalue weighted by Crippen LogP contribution is 2.47. The van der Waals surface area contributed by atoms with Gasteiger partial charge in [0.05, 0.1) is 0 Å². The molecule has 31 heavy (non-hydrogen) atoms. The van der Waals surface area contributed by atoms with Gasteiger partial charge >= 0.3 is 0 Å². The SMILES string of the molecule is O=C1c2ccc3c4c(sc(c24)C(=O)N1C1CCCCC1)C(=O)N(C1CCCCC1)C3O. The van der Waals surface area contributed by atoms with Crippen molar-refractivity contribution in [3.8, 4) is 0 Å². The van der Waals surface area contributed by atoms with Crippen molar-refractivity contribution in [3.05, 3.63) is 33.0 Å². The van der Waals surface area contributed by atoms with Crippen molar-refractivity contribution >= 4 is 39.8 Å². The second kappa shape index (κ2) is 7.14. The van der Waals surface area contributed by atoms with Gasteiger partial charge in [-0.3, -0.25) is 19.3 Å². The molecule has 0 spiro atoms. The largest absolute Gasteiger partial charge is 0.369 e. The van der Waals surface area contributed by atoms with Crippen LogP contribution in [0.1, 0.15) is 106 Å². The number of thiophene rings is 1. The summed E-state index contributed by atoms with van der Waals surface area (Å²) in [7, 11) is 0. The van der Waals surface area contributed by atoms with Crippen LogP contribution in [0.15, 0.2) is 12.1 Å². The number of aliphatic hydroxyl groups is 1. The van der Waals surface area contributed by atoms with Gasteiger partial charge in [0, 0.05) is 34.0 Å². The lowest BCUT2D eigenvalue weighted by Crippen LogP contribution is -2.47. The highest BCUT2D eigenvalue weighted by molar-refractivity contribution is 7.18. The lowest BCUT2D eigenvalue weighted by atomic mass is 9.88. The molecule has 2 aliphatic heterocycles. The fourth-order valence-corrected chi connectivity index (χ4v) is 7.32. The third-order valence-corrected chi connectivity index (χ3v) is 8.80. The van der Waals surface area contributed by atoms with Crippen molar-refractivity contribution in [2.24, 2.45) is 0 Å². The van der Waals surface area contributed by atoms with Crippen molar-refractivity contribution in [1.82, 2.24) is 9.80 Å². The van der Waals surface area contributed by atoms with Crippen LogP contribution < -0.4 is 0 Å². The summed E-state index contributed by atoms with van der Waals surface area (Å²) in [5.41, 5.74) is 1.14. The minimum absolute atomic E-state index is 0.0193. The molecule has 3 amide bonds. The van der Waals surface area contributed by atoms with E-state index in [2.05, 4.69) is 0 Å². The molecule has 162 valence electrons. The van der Waals surface area contributed by atoms with Crippen LogP contribution in [0.25, 0.3) is 10.8 Å². The molecule has 1 atom stereocenters. The maximum atomic E-state index is 13.5. The molecule has 1 N–H and O–H groups in total. The summed E-state index contributed by atoms with van der Waals surface area (Å²) in [6.45, 7) is 0. The zero-order chi connectivity index (χ0) is 21.3. The van der Waals surface area contributed by atoms with Crippen molar-refractivity contribution in [2.45, 2.75) is 82.5 Å². The minimum Gasteiger partial charge on any atom is -0.369 e. The maximum absolute atomic E-state index is 13.5. The smallest absolute Gasteiger partial charge is 0.271 e. The number of hydrogen-bond donors (Lipinski definition) is 1. The quantitative estimate of drug-likeness (QED) is 0.695. The molecule has 2 saturated carbocycles. The van der Waals surface area contributed by atoms with Gasteiger partial charge in [-0.2, -0.15) is 0 Å². The van der Waals surface area contributed by atoms with Crippen LogP contribution in [0, 0.1) is 0 Å². The summed E-state index contributed by atoms with van der Waals surface area (Å²) < 4.78 is 0. The molecule has 0 bridgehead atoms. The normalized spacial score (nSPS) is 25.1. The van der Waals surface area contributed by atoms with E-state index in [-0.39, 0.29) is 29.8 Å². The van der Waals surface area contributed by atoms with Crippen molar-refractivity contribution < 1.29 is 19.5 Å². The van der Waals surface area contributed by atoms with Gasteiger partial charge in [-0.15, -0.1) is 11.3 Å². The average Bonchev–Trinajstić information content (AvgIpc) is 3.20. The summed E-state index contributed by atoms with van der Waals surface area (Å²) in [5, 5.41) is 12.4. The lowest BCUT2D eigenvalue weighted by Gasteiger charge is -2.40. The number of carbonyl (C=O) groups excluding carboxylic acids is 3. The predicted molar refractivity (Wildman–Crippen MR) is 117 cm³/mol. The second-order valence-electron chi connectivity index (χ2n) is 9.36. The Balaban J connectivity index is 1.48. The Morgan fingerprint density at radius 3 is 2.03 bits per heavy atom. The molecule has 1 aromatic heterocycles. The molecule has 0 saturated heterocycles. The lowest BCUT2D eigenvalue weighted by molar-refractivity contribution is -0.0224. The number of carbonyl (C=O) groups is 3. The fraction of sp³-hybridized carbons (Fsp3) is 0.542. The number of aliphatic hydroxyl groups excluding tert-OH is 1. The molecule has 6 nitrogen and oxygen atoms in total. The number of nitrogens with zero attached hydrogens (tertiary/aromatic N) is 2. The molecule has 4 aliphatic rings. The van der Waals surface area contributed by atoms with Gasteiger partial charge in [0.2, 0.25) is 0 Å². The summed E-state index contributed by atoms with van der Waals surface area (Å²) in [4.78, 5) is 44.4. The Bertz CT molecular complexity index is 1110. The first-order valence-corrected chi connectivity index (χ1v) is 12.4. The first-order valence-electron chi connectivity index (χ1n) is 11.6. The molecule has 0 radical (unpaired) electrons. The first-order chi connectivity index (χ1) is 15.1. The van der Waals surface area contributed by atoms with Crippen LogP contribution in [0.3, 0.4) is 0 Å². The van der Waals surface area contributed by atoms with E-state index in [1.807, 2.05) is 0 Å². The molecule has 2 aromatic rings. The number of amides is 3. The van der Waals surface area contributed by atoms with Crippen molar-refractivity contribution in [3.63, 3.8) is 0 Å². The Labute approximate surface area is 184 Å². The van der Waals surface area contributed by atoms with E-state index < -0.39 is 6.23 Å². The second-order valence-corrected chi connectivity index (χ2v) is 10.4. The molecule has 2 fully saturated rings. The molecule has 6 rings (SSSR count). The third kappa shape index (κ3) is 2.69. The topological polar surface area (TPSA) is 77.9 Å². The van der Waals surface area contributed by atoms with E-state index in [9.17, 15) is 19.5 Å². The van der Waals surface area contributed by atoms with Gasteiger partial charge in [0.1, 0.15) is 9.75 Å². The van der Waals surface area contributed by atoms with Crippen LogP contribution in [-0.2, 0) is 0 Å². The van der Waals surface area contributed by atoms with Gasteiger partial charge < -0.3 is 10.0 Å². The number of benzene rings is 1. The fourth-order valence-electron chi connectivity index (χ4n) is 6.10. The summed E-state index contributed by atoms with van der Waals surface area (Å²) in [5.74, 6) is -0.718. The molecular formula is C24H26N2O4S. The molecule has 7 heteroatoms. The number of imide groups is 1. The van der Waals surface area contributed by atoms with Crippen LogP contribution in [-0.4, -0.2) is 44.7 Å². The van der Waals surface area contributed by atoms with Crippen LogP contribution in [0.5, 0.6) is 0 Å². The van der Waals surface area contributed by atoms with E-state index in [0.717, 1.165) is 64.2 Å². The zero-order valence-corrected chi connectivity index (χ0v) is 18.2. The van der Waals surface area contributed by atoms with Crippen LogP contribution in [0.2, 0.25) is 0 Å². The van der Waals surface area contributed by atoms with Gasteiger partial charge in [0.15, 0.2) is 6.23 Å². The van der Waals surface area contributed by atoms with E-state index in [1.54, 1.807) is 17.0 Å². The summed E-state index contributed by atoms with van der Waals surface area (Å²) in [6, 6.07) is 3.50. The Kier molecular flexibility index (Phi) is 4.47. The van der Waals surface area contributed by atoms with E-state index >= 15 is 0 Å². The van der Waals surface area contributed by atoms with Gasteiger partial charge in [0.25, 0.3) is 17.7 Å². The molecule has 3 heterocycles. The van der Waals surface area contributed by atoms with E-state index in [4.69, 9.17) is 0 Å². The van der Waals surface area contributed by atoms with Crippen molar-refractivity contribution in [2.75, 3.05) is 0 Å². The first kappa shape index (κ1) is 19.4. The molecule has 1 aromatic carbocycles. The minimum atomic E-state index is -1.03. The molecule has 2 aliphatic carbocycles. The standard InChI is InChI=1S/C24H26N2O4S/c27-21-15-11-12-16-18-17(15)19(23(29)25(21)13-7-3-1-4-8-13)31-20(18)24(30)26(22(16)28)14-9-5-2-6-10-14/h11-14,21,27H,1-10H2. The van der Waals surface area contributed by atoms with Gasteiger partial charge in [-0.05, 0) is 31.7 Å². The third-order valence-electron chi connectivity index (χ3n) is 7.64. The van der Waals surface area contributed by atoms with E-state index in [1.165, 1.54) is 16.2 Å². The van der Waals surface area contributed by atoms with Gasteiger partial charge in [-0.1, -0.05) is 44.6 Å². The summed E-state index contributed by atoms with van der Waals surface area (Å²) >= 11 is 1.21. The Hall–Kier alpha value is -2.25.